The molecule has 0 saturated carbocycles. The van der Waals surface area contributed by atoms with Gasteiger partial charge in [-0.3, -0.25) is 4.68 Å². The molecule has 0 spiro atoms. The number of anilines is 1. The van der Waals surface area contributed by atoms with Gasteiger partial charge in [0.2, 0.25) is 0 Å². The maximum Gasteiger partial charge on any atom is 0.410 e. The summed E-state index contributed by atoms with van der Waals surface area (Å²) in [5.41, 5.74) is 7.97. The number of hydrogen-bond acceptors (Lipinski definition) is 6. The number of carbonyl (C=O) groups excluding carboxylic acids is 1. The minimum absolute atomic E-state index is 0.00462. The Balaban J connectivity index is 1.48. The molecule has 2 N–H and O–H groups in total. The summed E-state index contributed by atoms with van der Waals surface area (Å²) in [7, 11) is 1.87. The second-order valence-electron chi connectivity index (χ2n) is 8.26. The average molecular weight is 398 g/mol. The molecule has 1 saturated heterocycles. The normalized spacial score (nSPS) is 16.7. The topological polar surface area (TPSA) is 99.9 Å². The third-order valence-corrected chi connectivity index (χ3v) is 4.86. The van der Waals surface area contributed by atoms with Crippen molar-refractivity contribution in [2.45, 2.75) is 38.8 Å². The van der Waals surface area contributed by atoms with Crippen LogP contribution in [0.3, 0.4) is 0 Å². The first kappa shape index (κ1) is 19.1. The third kappa shape index (κ3) is 3.85. The highest BCUT2D eigenvalue weighted by atomic mass is 16.6. The van der Waals surface area contributed by atoms with E-state index >= 15 is 0 Å². The van der Waals surface area contributed by atoms with Gasteiger partial charge in [-0.05, 0) is 39.3 Å². The standard InChI is InChI=1S/C20H26N6O3/c1-20(2,3)29-19(27)25-7-6-14(25)12-28-16-11-22-24(4)18(16)13-5-8-26-15(9-13)10-17(21)23-26/h5,8-11,14H,6-7,12H2,1-4H3,(H2,21,23). The lowest BCUT2D eigenvalue weighted by Crippen LogP contribution is -2.55. The van der Waals surface area contributed by atoms with Crippen LogP contribution in [0.4, 0.5) is 10.6 Å². The molecule has 1 unspecified atom stereocenters. The van der Waals surface area contributed by atoms with Gasteiger partial charge in [-0.2, -0.15) is 10.2 Å². The Morgan fingerprint density at radius 1 is 1.34 bits per heavy atom. The van der Waals surface area contributed by atoms with E-state index < -0.39 is 5.60 Å². The number of fused-ring (bicyclic) bond motifs is 1. The highest BCUT2D eigenvalue weighted by molar-refractivity contribution is 5.72. The summed E-state index contributed by atoms with van der Waals surface area (Å²) in [6.45, 7) is 6.66. The van der Waals surface area contributed by atoms with E-state index in [2.05, 4.69) is 10.2 Å². The summed E-state index contributed by atoms with van der Waals surface area (Å²) >= 11 is 0. The Bertz CT molecular complexity index is 1050. The van der Waals surface area contributed by atoms with Gasteiger partial charge in [-0.1, -0.05) is 0 Å². The summed E-state index contributed by atoms with van der Waals surface area (Å²) in [6, 6.07) is 5.74. The third-order valence-electron chi connectivity index (χ3n) is 4.86. The summed E-state index contributed by atoms with van der Waals surface area (Å²) in [5.74, 6) is 1.14. The molecule has 1 atom stereocenters. The molecule has 4 rings (SSSR count). The number of nitrogens with two attached hydrogens (primary N) is 1. The smallest absolute Gasteiger partial charge is 0.410 e. The molecule has 0 radical (unpaired) electrons. The van der Waals surface area contributed by atoms with E-state index in [4.69, 9.17) is 15.2 Å². The zero-order chi connectivity index (χ0) is 20.8. The van der Waals surface area contributed by atoms with Crippen LogP contribution in [0.5, 0.6) is 5.75 Å². The van der Waals surface area contributed by atoms with Gasteiger partial charge in [0, 0.05) is 31.4 Å². The van der Waals surface area contributed by atoms with E-state index in [1.165, 1.54) is 0 Å². The molecule has 1 fully saturated rings. The van der Waals surface area contributed by atoms with Gasteiger partial charge < -0.3 is 20.1 Å². The zero-order valence-corrected chi connectivity index (χ0v) is 17.1. The molecule has 0 aromatic carbocycles. The van der Waals surface area contributed by atoms with Gasteiger partial charge in [0.15, 0.2) is 5.75 Å². The number of aryl methyl sites for hydroxylation is 1. The van der Waals surface area contributed by atoms with Crippen molar-refractivity contribution >= 4 is 17.4 Å². The van der Waals surface area contributed by atoms with E-state index in [9.17, 15) is 4.79 Å². The number of amides is 1. The van der Waals surface area contributed by atoms with Gasteiger partial charge in [0.1, 0.15) is 23.7 Å². The number of carbonyl (C=O) groups is 1. The summed E-state index contributed by atoms with van der Waals surface area (Å²) in [4.78, 5) is 14.0. The largest absolute Gasteiger partial charge is 0.487 e. The van der Waals surface area contributed by atoms with Crippen LogP contribution in [0.25, 0.3) is 16.8 Å². The number of rotatable bonds is 4. The highest BCUT2D eigenvalue weighted by Crippen LogP contribution is 2.31. The van der Waals surface area contributed by atoms with Crippen LogP contribution >= 0.6 is 0 Å². The second kappa shape index (κ2) is 6.98. The lowest BCUT2D eigenvalue weighted by Gasteiger charge is -2.40. The molecule has 1 aliphatic rings. The molecule has 4 heterocycles. The number of pyridine rings is 1. The van der Waals surface area contributed by atoms with E-state index in [0.29, 0.717) is 24.7 Å². The number of likely N-dealkylation sites (tertiary alicyclic amines) is 1. The van der Waals surface area contributed by atoms with Crippen LogP contribution in [0.1, 0.15) is 27.2 Å². The molecule has 9 heteroatoms. The van der Waals surface area contributed by atoms with E-state index in [0.717, 1.165) is 23.2 Å². The first-order chi connectivity index (χ1) is 13.7. The molecule has 1 amide bonds. The second-order valence-corrected chi connectivity index (χ2v) is 8.26. The number of hydrogen-bond donors (Lipinski definition) is 1. The summed E-state index contributed by atoms with van der Waals surface area (Å²) in [6.07, 6.45) is 4.14. The summed E-state index contributed by atoms with van der Waals surface area (Å²) in [5, 5.41) is 8.54. The number of ether oxygens (including phenoxy) is 2. The molecular formula is C20H26N6O3. The Kier molecular flexibility index (Phi) is 4.60. The maximum atomic E-state index is 12.3. The first-order valence-electron chi connectivity index (χ1n) is 9.61. The average Bonchev–Trinajstić information content (AvgIpc) is 3.13. The molecule has 3 aromatic heterocycles. The fourth-order valence-electron chi connectivity index (χ4n) is 3.37. The SMILES string of the molecule is Cn1ncc(OCC2CCN2C(=O)OC(C)(C)C)c1-c1ccn2nc(N)cc2c1. The van der Waals surface area contributed by atoms with E-state index in [1.54, 1.807) is 20.3 Å². The zero-order valence-electron chi connectivity index (χ0n) is 17.1. The molecule has 0 bridgehead atoms. The maximum absolute atomic E-state index is 12.3. The van der Waals surface area contributed by atoms with Crippen LogP contribution in [0.2, 0.25) is 0 Å². The van der Waals surface area contributed by atoms with Crippen molar-refractivity contribution in [3.63, 3.8) is 0 Å². The Morgan fingerprint density at radius 3 is 2.83 bits per heavy atom. The summed E-state index contributed by atoms with van der Waals surface area (Å²) < 4.78 is 15.0. The Morgan fingerprint density at radius 2 is 2.14 bits per heavy atom. The van der Waals surface area contributed by atoms with Crippen molar-refractivity contribution < 1.29 is 14.3 Å². The molecular weight excluding hydrogens is 372 g/mol. The number of nitrogen functional groups attached to an aromatic ring is 1. The van der Waals surface area contributed by atoms with E-state index in [1.807, 2.05) is 52.2 Å². The monoisotopic (exact) mass is 398 g/mol. The van der Waals surface area contributed by atoms with Crippen LogP contribution in [0, 0.1) is 0 Å². The van der Waals surface area contributed by atoms with Crippen LogP contribution < -0.4 is 10.5 Å². The highest BCUT2D eigenvalue weighted by Gasteiger charge is 2.36. The van der Waals surface area contributed by atoms with Gasteiger partial charge in [0.05, 0.1) is 17.8 Å². The molecule has 3 aromatic rings. The fraction of sp³-hybridized carbons (Fsp3) is 0.450. The molecule has 9 nitrogen and oxygen atoms in total. The van der Waals surface area contributed by atoms with Crippen molar-refractivity contribution in [2.75, 3.05) is 18.9 Å². The fourth-order valence-corrected chi connectivity index (χ4v) is 3.37. The number of nitrogens with zero attached hydrogens (tertiary/aromatic N) is 5. The molecule has 0 aliphatic carbocycles. The molecule has 29 heavy (non-hydrogen) atoms. The minimum Gasteiger partial charge on any atom is -0.487 e. The van der Waals surface area contributed by atoms with Gasteiger partial charge in [-0.15, -0.1) is 0 Å². The van der Waals surface area contributed by atoms with Gasteiger partial charge in [0.25, 0.3) is 0 Å². The Labute approximate surface area is 169 Å². The quantitative estimate of drug-likeness (QED) is 0.725. The predicted molar refractivity (Wildman–Crippen MR) is 109 cm³/mol. The van der Waals surface area contributed by atoms with Crippen molar-refractivity contribution in [2.24, 2.45) is 7.05 Å². The first-order valence-corrected chi connectivity index (χ1v) is 9.61. The predicted octanol–water partition coefficient (Wildman–Crippen LogP) is 2.71. The number of aromatic nitrogens is 4. The lowest BCUT2D eigenvalue weighted by molar-refractivity contribution is -0.0141. The Hall–Kier alpha value is -3.23. The minimum atomic E-state index is -0.510. The van der Waals surface area contributed by atoms with Crippen molar-refractivity contribution in [1.82, 2.24) is 24.3 Å². The van der Waals surface area contributed by atoms with E-state index in [-0.39, 0.29) is 12.1 Å². The van der Waals surface area contributed by atoms with Gasteiger partial charge >= 0.3 is 6.09 Å². The van der Waals surface area contributed by atoms with Crippen molar-refractivity contribution in [1.29, 1.82) is 0 Å². The van der Waals surface area contributed by atoms with Crippen LogP contribution in [-0.4, -0.2) is 55.2 Å². The van der Waals surface area contributed by atoms with Crippen molar-refractivity contribution in [3.05, 3.63) is 30.6 Å². The van der Waals surface area contributed by atoms with Gasteiger partial charge in [-0.25, -0.2) is 9.31 Å². The lowest BCUT2D eigenvalue weighted by atomic mass is 10.1. The van der Waals surface area contributed by atoms with Crippen LogP contribution in [0.15, 0.2) is 30.6 Å². The molecule has 154 valence electrons. The van der Waals surface area contributed by atoms with Crippen LogP contribution in [-0.2, 0) is 11.8 Å². The van der Waals surface area contributed by atoms with Crippen molar-refractivity contribution in [3.8, 4) is 17.0 Å². The molecule has 1 aliphatic heterocycles.